The van der Waals surface area contributed by atoms with Crippen molar-refractivity contribution in [2.75, 3.05) is 53.3 Å². The Balaban J connectivity index is 2.71. The SMILES string of the molecule is COc1cc(NC(=O)CCN(CCN(C)C)C(C)=O)c(OC)cc1Cl. The average Bonchev–Trinajstić information content (AvgIpc) is 2.55. The van der Waals surface area contributed by atoms with Crippen molar-refractivity contribution in [3.8, 4) is 11.5 Å². The maximum atomic E-state index is 12.2. The molecule has 0 spiro atoms. The molecule has 140 valence electrons. The van der Waals surface area contributed by atoms with Gasteiger partial charge in [0.15, 0.2) is 0 Å². The van der Waals surface area contributed by atoms with Gasteiger partial charge in [0.2, 0.25) is 11.8 Å². The van der Waals surface area contributed by atoms with Gasteiger partial charge >= 0.3 is 0 Å². The number of carbonyl (C=O) groups is 2. The van der Waals surface area contributed by atoms with Crippen LogP contribution in [0.4, 0.5) is 5.69 Å². The number of hydrogen-bond donors (Lipinski definition) is 1. The maximum Gasteiger partial charge on any atom is 0.226 e. The molecular formula is C17H26ClN3O4. The molecule has 25 heavy (non-hydrogen) atoms. The molecule has 7 nitrogen and oxygen atoms in total. The molecule has 0 aliphatic rings. The molecule has 0 aromatic heterocycles. The van der Waals surface area contributed by atoms with Crippen LogP contribution in [0.5, 0.6) is 11.5 Å². The molecule has 0 fully saturated rings. The molecule has 0 radical (unpaired) electrons. The fraction of sp³-hybridized carbons (Fsp3) is 0.529. The molecule has 0 heterocycles. The molecule has 0 unspecified atom stereocenters. The van der Waals surface area contributed by atoms with E-state index in [0.29, 0.717) is 35.3 Å². The summed E-state index contributed by atoms with van der Waals surface area (Å²) in [5, 5.41) is 3.16. The number of hydrogen-bond acceptors (Lipinski definition) is 5. The van der Waals surface area contributed by atoms with Crippen molar-refractivity contribution in [3.63, 3.8) is 0 Å². The van der Waals surface area contributed by atoms with Gasteiger partial charge < -0.3 is 24.6 Å². The Morgan fingerprint density at radius 1 is 1.08 bits per heavy atom. The van der Waals surface area contributed by atoms with Gasteiger partial charge in [-0.3, -0.25) is 9.59 Å². The number of rotatable bonds is 9. The molecule has 0 aliphatic carbocycles. The van der Waals surface area contributed by atoms with Crippen molar-refractivity contribution in [3.05, 3.63) is 17.2 Å². The normalized spacial score (nSPS) is 10.5. The lowest BCUT2D eigenvalue weighted by molar-refractivity contribution is -0.129. The number of benzene rings is 1. The predicted molar refractivity (Wildman–Crippen MR) is 98.6 cm³/mol. The third kappa shape index (κ3) is 6.80. The Morgan fingerprint density at radius 2 is 1.72 bits per heavy atom. The molecule has 0 bridgehead atoms. The largest absolute Gasteiger partial charge is 0.495 e. The number of halogens is 1. The van der Waals surface area contributed by atoms with Crippen molar-refractivity contribution in [1.82, 2.24) is 9.80 Å². The van der Waals surface area contributed by atoms with E-state index in [0.717, 1.165) is 6.54 Å². The van der Waals surface area contributed by atoms with Gasteiger partial charge in [-0.2, -0.15) is 0 Å². The first kappa shape index (κ1) is 21.1. The van der Waals surface area contributed by atoms with E-state index in [2.05, 4.69) is 5.32 Å². The van der Waals surface area contributed by atoms with E-state index >= 15 is 0 Å². The zero-order valence-corrected chi connectivity index (χ0v) is 16.1. The molecule has 2 amide bonds. The molecule has 1 aromatic carbocycles. The molecule has 1 rings (SSSR count). The van der Waals surface area contributed by atoms with Crippen LogP contribution in [0.1, 0.15) is 13.3 Å². The van der Waals surface area contributed by atoms with Crippen LogP contribution in [0.3, 0.4) is 0 Å². The summed E-state index contributed by atoms with van der Waals surface area (Å²) in [6.45, 7) is 3.17. The second kappa shape index (κ2) is 10.1. The van der Waals surface area contributed by atoms with E-state index < -0.39 is 0 Å². The summed E-state index contributed by atoms with van der Waals surface area (Å²) in [4.78, 5) is 27.6. The van der Waals surface area contributed by atoms with Crippen molar-refractivity contribution in [2.24, 2.45) is 0 Å². The van der Waals surface area contributed by atoms with Gasteiger partial charge in [-0.05, 0) is 14.1 Å². The van der Waals surface area contributed by atoms with Gasteiger partial charge in [0, 0.05) is 45.1 Å². The highest BCUT2D eigenvalue weighted by Crippen LogP contribution is 2.35. The Labute approximate surface area is 153 Å². The maximum absolute atomic E-state index is 12.2. The Bertz CT molecular complexity index is 608. The first-order chi connectivity index (χ1) is 11.8. The highest BCUT2D eigenvalue weighted by atomic mass is 35.5. The van der Waals surface area contributed by atoms with E-state index in [1.54, 1.807) is 17.0 Å². The molecule has 8 heteroatoms. The molecule has 0 aliphatic heterocycles. The summed E-state index contributed by atoms with van der Waals surface area (Å²) >= 11 is 6.05. The molecule has 0 atom stereocenters. The van der Waals surface area contributed by atoms with E-state index in [-0.39, 0.29) is 18.2 Å². The molecule has 1 aromatic rings. The lowest BCUT2D eigenvalue weighted by Gasteiger charge is -2.23. The highest BCUT2D eigenvalue weighted by molar-refractivity contribution is 6.32. The van der Waals surface area contributed by atoms with E-state index in [4.69, 9.17) is 21.1 Å². The molecule has 0 saturated heterocycles. The first-order valence-electron chi connectivity index (χ1n) is 7.90. The van der Waals surface area contributed by atoms with Crippen LogP contribution in [-0.2, 0) is 9.59 Å². The molecule has 1 N–H and O–H groups in total. The van der Waals surface area contributed by atoms with Crippen molar-refractivity contribution >= 4 is 29.1 Å². The summed E-state index contributed by atoms with van der Waals surface area (Å²) in [6, 6.07) is 3.18. The van der Waals surface area contributed by atoms with Gasteiger partial charge in [-0.15, -0.1) is 0 Å². The van der Waals surface area contributed by atoms with Crippen molar-refractivity contribution in [1.29, 1.82) is 0 Å². The van der Waals surface area contributed by atoms with E-state index in [1.165, 1.54) is 21.1 Å². The zero-order chi connectivity index (χ0) is 19.0. The van der Waals surface area contributed by atoms with Crippen LogP contribution in [-0.4, -0.2) is 69.6 Å². The van der Waals surface area contributed by atoms with Gasteiger partial charge in [0.25, 0.3) is 0 Å². The summed E-state index contributed by atoms with van der Waals surface area (Å²) in [6.07, 6.45) is 0.182. The van der Waals surface area contributed by atoms with Crippen LogP contribution < -0.4 is 14.8 Å². The van der Waals surface area contributed by atoms with Gasteiger partial charge in [-0.1, -0.05) is 11.6 Å². The summed E-state index contributed by atoms with van der Waals surface area (Å²) < 4.78 is 10.4. The monoisotopic (exact) mass is 371 g/mol. The predicted octanol–water partition coefficient (Wildman–Crippen LogP) is 2.10. The molecular weight excluding hydrogens is 346 g/mol. The smallest absolute Gasteiger partial charge is 0.226 e. The minimum absolute atomic E-state index is 0.0552. The topological polar surface area (TPSA) is 71.1 Å². The lowest BCUT2D eigenvalue weighted by Crippen LogP contribution is -2.37. The number of amides is 2. The first-order valence-corrected chi connectivity index (χ1v) is 8.27. The Morgan fingerprint density at radius 3 is 2.24 bits per heavy atom. The van der Waals surface area contributed by atoms with Crippen molar-refractivity contribution in [2.45, 2.75) is 13.3 Å². The fourth-order valence-corrected chi connectivity index (χ4v) is 2.39. The Hall–Kier alpha value is -1.99. The van der Waals surface area contributed by atoms with Gasteiger partial charge in [0.1, 0.15) is 11.5 Å². The van der Waals surface area contributed by atoms with E-state index in [9.17, 15) is 9.59 Å². The average molecular weight is 372 g/mol. The quantitative estimate of drug-likeness (QED) is 0.719. The summed E-state index contributed by atoms with van der Waals surface area (Å²) in [5.41, 5.74) is 0.469. The number of ether oxygens (including phenoxy) is 2. The Kier molecular flexibility index (Phi) is 8.51. The van der Waals surface area contributed by atoms with Gasteiger partial charge in [0.05, 0.1) is 24.9 Å². The summed E-state index contributed by atoms with van der Waals surface area (Å²) in [5.74, 6) is 0.600. The fourth-order valence-electron chi connectivity index (χ4n) is 2.15. The van der Waals surface area contributed by atoms with Crippen LogP contribution >= 0.6 is 11.6 Å². The minimum Gasteiger partial charge on any atom is -0.495 e. The second-order valence-electron chi connectivity index (χ2n) is 5.79. The number of likely N-dealkylation sites (N-methyl/N-ethyl adjacent to an activating group) is 1. The van der Waals surface area contributed by atoms with Crippen LogP contribution in [0.15, 0.2) is 12.1 Å². The molecule has 0 saturated carbocycles. The second-order valence-corrected chi connectivity index (χ2v) is 6.20. The number of carbonyl (C=O) groups excluding carboxylic acids is 2. The lowest BCUT2D eigenvalue weighted by atomic mass is 10.2. The van der Waals surface area contributed by atoms with E-state index in [1.807, 2.05) is 19.0 Å². The van der Waals surface area contributed by atoms with Crippen LogP contribution in [0.25, 0.3) is 0 Å². The number of anilines is 1. The third-order valence-electron chi connectivity index (χ3n) is 3.62. The zero-order valence-electron chi connectivity index (χ0n) is 15.4. The van der Waals surface area contributed by atoms with Gasteiger partial charge in [-0.25, -0.2) is 0 Å². The number of methoxy groups -OCH3 is 2. The number of nitrogens with one attached hydrogen (secondary N) is 1. The highest BCUT2D eigenvalue weighted by Gasteiger charge is 2.15. The standard InChI is InChI=1S/C17H26ClN3O4/c1-12(22)21(9-8-20(2)3)7-6-17(23)19-14-11-15(24-4)13(18)10-16(14)25-5/h10-11H,6-9H2,1-5H3,(H,19,23). The minimum atomic E-state index is -0.223. The number of nitrogens with zero attached hydrogens (tertiary/aromatic N) is 2. The third-order valence-corrected chi connectivity index (χ3v) is 3.91. The van der Waals surface area contributed by atoms with Crippen LogP contribution in [0.2, 0.25) is 5.02 Å². The van der Waals surface area contributed by atoms with Crippen LogP contribution in [0, 0.1) is 0 Å². The van der Waals surface area contributed by atoms with Crippen molar-refractivity contribution < 1.29 is 19.1 Å². The summed E-state index contributed by atoms with van der Waals surface area (Å²) in [7, 11) is 6.86.